The monoisotopic (exact) mass is 268 g/mol. The van der Waals surface area contributed by atoms with Crippen molar-refractivity contribution in [1.82, 2.24) is 0 Å². The SMILES string of the molecule is Cc1ccc(C2=Cc3c(cccc3C(C)(C)C)C2)s1. The van der Waals surface area contributed by atoms with Crippen molar-refractivity contribution in [2.75, 3.05) is 0 Å². The standard InChI is InChI=1S/C18H20S/c1-12-8-9-17(19-12)14-10-13-6-5-7-16(15(13)11-14)18(2,3)4/h5-9,11H,10H2,1-4H3. The lowest BCUT2D eigenvalue weighted by Crippen LogP contribution is -2.13. The van der Waals surface area contributed by atoms with E-state index in [1.54, 1.807) is 0 Å². The van der Waals surface area contributed by atoms with E-state index in [2.05, 4.69) is 64.1 Å². The van der Waals surface area contributed by atoms with Gasteiger partial charge in [-0.2, -0.15) is 0 Å². The van der Waals surface area contributed by atoms with Crippen molar-refractivity contribution < 1.29 is 0 Å². The summed E-state index contributed by atoms with van der Waals surface area (Å²) >= 11 is 1.90. The first-order chi connectivity index (χ1) is 8.95. The first-order valence-corrected chi connectivity index (χ1v) is 7.66. The Bertz CT molecular complexity index is 651. The van der Waals surface area contributed by atoms with E-state index in [9.17, 15) is 0 Å². The van der Waals surface area contributed by atoms with Crippen LogP contribution in [0.5, 0.6) is 0 Å². The third kappa shape index (κ3) is 2.28. The highest BCUT2D eigenvalue weighted by molar-refractivity contribution is 7.13. The molecule has 1 aromatic carbocycles. The van der Waals surface area contributed by atoms with Crippen molar-refractivity contribution in [1.29, 1.82) is 0 Å². The number of benzene rings is 1. The maximum Gasteiger partial charge on any atom is 0.0308 e. The van der Waals surface area contributed by atoms with Crippen molar-refractivity contribution in [3.63, 3.8) is 0 Å². The molecule has 0 fully saturated rings. The van der Waals surface area contributed by atoms with Gasteiger partial charge in [-0.15, -0.1) is 11.3 Å². The summed E-state index contributed by atoms with van der Waals surface area (Å²) in [5.74, 6) is 0. The topological polar surface area (TPSA) is 0 Å². The Labute approximate surface area is 119 Å². The Morgan fingerprint density at radius 3 is 2.47 bits per heavy atom. The van der Waals surface area contributed by atoms with Crippen molar-refractivity contribution in [2.24, 2.45) is 0 Å². The van der Waals surface area contributed by atoms with Crippen LogP contribution in [0.3, 0.4) is 0 Å². The molecule has 0 unspecified atom stereocenters. The van der Waals surface area contributed by atoms with Gasteiger partial charge < -0.3 is 0 Å². The summed E-state index contributed by atoms with van der Waals surface area (Å²) in [6.07, 6.45) is 3.49. The van der Waals surface area contributed by atoms with Gasteiger partial charge in [0.15, 0.2) is 0 Å². The molecule has 0 atom stereocenters. The van der Waals surface area contributed by atoms with Gasteiger partial charge >= 0.3 is 0 Å². The largest absolute Gasteiger partial charge is 0.141 e. The van der Waals surface area contributed by atoms with E-state index < -0.39 is 0 Å². The van der Waals surface area contributed by atoms with Gasteiger partial charge in [0, 0.05) is 9.75 Å². The summed E-state index contributed by atoms with van der Waals surface area (Å²) in [5, 5.41) is 0. The lowest BCUT2D eigenvalue weighted by molar-refractivity contribution is 0.588. The van der Waals surface area contributed by atoms with Crippen LogP contribution < -0.4 is 0 Å². The van der Waals surface area contributed by atoms with Crippen molar-refractivity contribution in [2.45, 2.75) is 39.5 Å². The molecule has 1 aromatic heterocycles. The summed E-state index contributed by atoms with van der Waals surface area (Å²) in [7, 11) is 0. The maximum atomic E-state index is 2.40. The smallest absolute Gasteiger partial charge is 0.0308 e. The van der Waals surface area contributed by atoms with E-state index in [0.717, 1.165) is 6.42 Å². The first-order valence-electron chi connectivity index (χ1n) is 6.85. The van der Waals surface area contributed by atoms with Gasteiger partial charge in [-0.3, -0.25) is 0 Å². The van der Waals surface area contributed by atoms with Crippen LogP contribution in [0.2, 0.25) is 0 Å². The number of hydrogen-bond acceptors (Lipinski definition) is 1. The zero-order valence-electron chi connectivity index (χ0n) is 12.1. The van der Waals surface area contributed by atoms with Crippen LogP contribution in [0, 0.1) is 6.92 Å². The summed E-state index contributed by atoms with van der Waals surface area (Å²) in [5.41, 5.74) is 6.09. The molecular weight excluding hydrogens is 248 g/mol. The second-order valence-electron chi connectivity index (χ2n) is 6.39. The number of aryl methyl sites for hydroxylation is 1. The van der Waals surface area contributed by atoms with Crippen LogP contribution in [0.1, 0.15) is 47.2 Å². The molecule has 1 heteroatoms. The van der Waals surface area contributed by atoms with E-state index in [-0.39, 0.29) is 5.41 Å². The average Bonchev–Trinajstić information content (AvgIpc) is 2.92. The van der Waals surface area contributed by atoms with Gasteiger partial charge in [0.05, 0.1) is 0 Å². The Morgan fingerprint density at radius 1 is 1.05 bits per heavy atom. The molecule has 1 aliphatic carbocycles. The zero-order valence-corrected chi connectivity index (χ0v) is 12.9. The number of hydrogen-bond donors (Lipinski definition) is 0. The third-order valence-corrected chi connectivity index (χ3v) is 4.84. The maximum absolute atomic E-state index is 2.40. The van der Waals surface area contributed by atoms with Crippen molar-refractivity contribution in [3.05, 3.63) is 56.8 Å². The zero-order chi connectivity index (χ0) is 13.6. The number of rotatable bonds is 1. The highest BCUT2D eigenvalue weighted by atomic mass is 32.1. The number of fused-ring (bicyclic) bond motifs is 1. The second-order valence-corrected chi connectivity index (χ2v) is 7.67. The second kappa shape index (κ2) is 4.35. The minimum atomic E-state index is 0.211. The highest BCUT2D eigenvalue weighted by Gasteiger charge is 2.23. The van der Waals surface area contributed by atoms with Crippen LogP contribution in [0.15, 0.2) is 30.3 Å². The third-order valence-electron chi connectivity index (χ3n) is 3.76. The first kappa shape index (κ1) is 12.7. The van der Waals surface area contributed by atoms with Gasteiger partial charge in [0.2, 0.25) is 0 Å². The summed E-state index contributed by atoms with van der Waals surface area (Å²) in [6.45, 7) is 9.06. The normalized spacial score (nSPS) is 14.4. The molecule has 1 aliphatic rings. The summed E-state index contributed by atoms with van der Waals surface area (Å²) < 4.78 is 0. The molecule has 0 nitrogen and oxygen atoms in total. The molecule has 0 radical (unpaired) electrons. The molecule has 0 aliphatic heterocycles. The minimum absolute atomic E-state index is 0.211. The van der Waals surface area contributed by atoms with Crippen LogP contribution in [0.25, 0.3) is 11.6 Å². The predicted molar refractivity (Wildman–Crippen MR) is 85.8 cm³/mol. The predicted octanol–water partition coefficient (Wildman–Crippen LogP) is 5.45. The molecule has 0 saturated carbocycles. The fourth-order valence-corrected chi connectivity index (χ4v) is 3.67. The van der Waals surface area contributed by atoms with Gasteiger partial charge in [0.1, 0.15) is 0 Å². The number of thiophene rings is 1. The number of allylic oxidation sites excluding steroid dienone is 1. The molecule has 3 rings (SSSR count). The fourth-order valence-electron chi connectivity index (χ4n) is 2.79. The molecule has 19 heavy (non-hydrogen) atoms. The molecule has 0 saturated heterocycles. The average molecular weight is 268 g/mol. The lowest BCUT2D eigenvalue weighted by atomic mass is 9.83. The molecule has 0 spiro atoms. The summed E-state index contributed by atoms with van der Waals surface area (Å²) in [4.78, 5) is 2.82. The van der Waals surface area contributed by atoms with Gasteiger partial charge in [-0.1, -0.05) is 39.0 Å². The van der Waals surface area contributed by atoms with Crippen molar-refractivity contribution in [3.8, 4) is 0 Å². The van der Waals surface area contributed by atoms with Crippen LogP contribution >= 0.6 is 11.3 Å². The van der Waals surface area contributed by atoms with E-state index in [1.165, 1.54) is 32.0 Å². The van der Waals surface area contributed by atoms with E-state index in [1.807, 2.05) is 11.3 Å². The summed E-state index contributed by atoms with van der Waals surface area (Å²) in [6, 6.07) is 11.2. The van der Waals surface area contributed by atoms with E-state index in [4.69, 9.17) is 0 Å². The Balaban J connectivity index is 2.07. The quantitative estimate of drug-likeness (QED) is 0.645. The molecule has 0 N–H and O–H groups in total. The van der Waals surface area contributed by atoms with Gasteiger partial charge in [0.25, 0.3) is 0 Å². The molecular formula is C18H20S. The van der Waals surface area contributed by atoms with E-state index in [0.29, 0.717) is 0 Å². The van der Waals surface area contributed by atoms with Gasteiger partial charge in [-0.05, 0) is 59.2 Å². The fraction of sp³-hybridized carbons (Fsp3) is 0.333. The Kier molecular flexibility index (Phi) is 2.90. The molecule has 0 bridgehead atoms. The van der Waals surface area contributed by atoms with Gasteiger partial charge in [-0.25, -0.2) is 0 Å². The van der Waals surface area contributed by atoms with Crippen LogP contribution in [-0.2, 0) is 11.8 Å². The Hall–Kier alpha value is -1.34. The van der Waals surface area contributed by atoms with Crippen molar-refractivity contribution >= 4 is 23.0 Å². The lowest BCUT2D eigenvalue weighted by Gasteiger charge is -2.22. The minimum Gasteiger partial charge on any atom is -0.141 e. The Morgan fingerprint density at radius 2 is 1.84 bits per heavy atom. The van der Waals surface area contributed by atoms with Crippen LogP contribution in [-0.4, -0.2) is 0 Å². The van der Waals surface area contributed by atoms with E-state index >= 15 is 0 Å². The molecule has 1 heterocycles. The highest BCUT2D eigenvalue weighted by Crippen LogP contribution is 2.39. The molecule has 98 valence electrons. The molecule has 0 amide bonds. The molecule has 2 aromatic rings. The van der Waals surface area contributed by atoms with Crippen LogP contribution in [0.4, 0.5) is 0 Å².